The summed E-state index contributed by atoms with van der Waals surface area (Å²) >= 11 is 0. The molecule has 36 heavy (non-hydrogen) atoms. The molecule has 0 saturated heterocycles. The lowest BCUT2D eigenvalue weighted by Crippen LogP contribution is -2.25. The Kier molecular flexibility index (Phi) is 12.6. The molecule has 1 aromatic heterocycles. The van der Waals surface area contributed by atoms with Crippen molar-refractivity contribution in [2.75, 3.05) is 19.6 Å². The molecule has 0 saturated carbocycles. The average Bonchev–Trinajstić information content (AvgIpc) is 3.37. The van der Waals surface area contributed by atoms with Gasteiger partial charge in [0.25, 0.3) is 0 Å². The molecule has 0 spiro atoms. The SMILES string of the molecule is [2H]C([2H])(c1c[nH]c2cccc(OC(=O)CCCCCCC/C=C\C/C=C\CCCCC)c12)C([2H])([2H])N(CC)CC. The summed E-state index contributed by atoms with van der Waals surface area (Å²) in [6.45, 7) is 4.36. The van der Waals surface area contributed by atoms with Crippen LogP contribution in [0.4, 0.5) is 0 Å². The van der Waals surface area contributed by atoms with Crippen molar-refractivity contribution in [1.29, 1.82) is 0 Å². The number of aromatic nitrogens is 1. The van der Waals surface area contributed by atoms with Crippen LogP contribution in [0.25, 0.3) is 10.9 Å². The number of H-pyrrole nitrogens is 1. The summed E-state index contributed by atoms with van der Waals surface area (Å²) in [6, 6.07) is 5.17. The van der Waals surface area contributed by atoms with Crippen LogP contribution in [0.3, 0.4) is 0 Å². The number of rotatable bonds is 20. The van der Waals surface area contributed by atoms with Gasteiger partial charge in [0.15, 0.2) is 0 Å². The van der Waals surface area contributed by atoms with Gasteiger partial charge in [-0.2, -0.15) is 0 Å². The highest BCUT2D eigenvalue weighted by Crippen LogP contribution is 2.29. The fraction of sp³-hybridized carbons (Fsp3) is 0.594. The number of hydrogen-bond acceptors (Lipinski definition) is 3. The van der Waals surface area contributed by atoms with Crippen molar-refractivity contribution in [3.8, 4) is 5.75 Å². The number of fused-ring (bicyclic) bond motifs is 1. The largest absolute Gasteiger partial charge is 0.426 e. The number of unbranched alkanes of at least 4 members (excludes halogenated alkanes) is 8. The maximum atomic E-state index is 12.6. The van der Waals surface area contributed by atoms with Crippen LogP contribution < -0.4 is 4.74 Å². The number of hydrogen-bond donors (Lipinski definition) is 1. The van der Waals surface area contributed by atoms with Gasteiger partial charge in [-0.25, -0.2) is 0 Å². The number of nitrogens with zero attached hydrogens (tertiary/aromatic N) is 1. The zero-order chi connectivity index (χ0) is 29.4. The second kappa shape index (κ2) is 18.9. The highest BCUT2D eigenvalue weighted by atomic mass is 16.5. The molecule has 4 nitrogen and oxygen atoms in total. The van der Waals surface area contributed by atoms with Crippen molar-refractivity contribution in [3.05, 3.63) is 54.3 Å². The number of carbonyl (C=O) groups is 1. The smallest absolute Gasteiger partial charge is 0.311 e. The topological polar surface area (TPSA) is 45.3 Å². The molecule has 0 unspecified atom stereocenters. The van der Waals surface area contributed by atoms with Gasteiger partial charge in [0, 0.05) is 35.5 Å². The maximum Gasteiger partial charge on any atom is 0.311 e. The lowest BCUT2D eigenvalue weighted by Gasteiger charge is -2.17. The molecule has 0 fully saturated rings. The number of nitrogens with one attached hydrogen (secondary N) is 1. The van der Waals surface area contributed by atoms with Crippen LogP contribution in [-0.4, -0.2) is 35.4 Å². The van der Waals surface area contributed by atoms with Gasteiger partial charge in [0.05, 0.1) is 0 Å². The van der Waals surface area contributed by atoms with E-state index in [-0.39, 0.29) is 17.3 Å². The molecule has 4 heteroatoms. The first-order valence-corrected chi connectivity index (χ1v) is 14.1. The predicted molar refractivity (Wildman–Crippen MR) is 155 cm³/mol. The van der Waals surface area contributed by atoms with Gasteiger partial charge in [0.2, 0.25) is 0 Å². The summed E-state index contributed by atoms with van der Waals surface area (Å²) in [5.74, 6) is -0.0850. The van der Waals surface area contributed by atoms with Crippen LogP contribution >= 0.6 is 0 Å². The third-order valence-electron chi connectivity index (χ3n) is 6.34. The van der Waals surface area contributed by atoms with Crippen LogP contribution in [0.2, 0.25) is 0 Å². The highest BCUT2D eigenvalue weighted by molar-refractivity contribution is 5.91. The summed E-state index contributed by atoms with van der Waals surface area (Å²) < 4.78 is 40.3. The number of aromatic amines is 1. The van der Waals surface area contributed by atoms with Crippen LogP contribution in [0.15, 0.2) is 48.7 Å². The van der Waals surface area contributed by atoms with Crippen molar-refractivity contribution < 1.29 is 15.0 Å². The van der Waals surface area contributed by atoms with Crippen molar-refractivity contribution in [3.63, 3.8) is 0 Å². The van der Waals surface area contributed by atoms with E-state index in [1.54, 1.807) is 18.2 Å². The molecule has 0 aliphatic rings. The molecule has 0 aliphatic heterocycles. The predicted octanol–water partition coefficient (Wildman–Crippen LogP) is 8.77. The first kappa shape index (κ1) is 24.0. The molecule has 0 bridgehead atoms. The van der Waals surface area contributed by atoms with Crippen LogP contribution in [0, 0.1) is 0 Å². The van der Waals surface area contributed by atoms with Crippen LogP contribution in [-0.2, 0) is 11.2 Å². The van der Waals surface area contributed by atoms with Gasteiger partial charge in [-0.1, -0.05) is 83.2 Å². The molecule has 2 rings (SSSR count). The average molecular weight is 499 g/mol. The minimum Gasteiger partial charge on any atom is -0.426 e. The molecule has 0 aliphatic carbocycles. The number of carbonyl (C=O) groups excluding carboxylic acids is 1. The number of likely N-dealkylation sites (N-methyl/N-ethyl adjacent to an activating group) is 1. The third kappa shape index (κ3) is 11.6. The van der Waals surface area contributed by atoms with Crippen LogP contribution in [0.1, 0.15) is 109 Å². The molecule has 1 aromatic carbocycles. The second-order valence-corrected chi connectivity index (χ2v) is 9.24. The normalized spacial score (nSPS) is 14.4. The lowest BCUT2D eigenvalue weighted by atomic mass is 10.1. The van der Waals surface area contributed by atoms with E-state index in [0.717, 1.165) is 44.9 Å². The van der Waals surface area contributed by atoms with Crippen molar-refractivity contribution in [1.82, 2.24) is 9.88 Å². The van der Waals surface area contributed by atoms with Gasteiger partial charge >= 0.3 is 5.97 Å². The molecule has 0 atom stereocenters. The molecule has 1 heterocycles. The zero-order valence-corrected chi connectivity index (χ0v) is 22.8. The summed E-state index contributed by atoms with van der Waals surface area (Å²) in [4.78, 5) is 17.1. The zero-order valence-electron chi connectivity index (χ0n) is 26.8. The fourth-order valence-corrected chi connectivity index (χ4v) is 4.11. The Morgan fingerprint density at radius 3 is 2.36 bits per heavy atom. The number of allylic oxidation sites excluding steroid dienone is 4. The van der Waals surface area contributed by atoms with Crippen molar-refractivity contribution in [2.24, 2.45) is 0 Å². The number of ether oxygens (including phenoxy) is 1. The quantitative estimate of drug-likeness (QED) is 0.0858. The van der Waals surface area contributed by atoms with Gasteiger partial charge in [-0.05, 0) is 75.7 Å². The minimum absolute atomic E-state index is 0.153. The Bertz CT molecular complexity index is 1070. The summed E-state index contributed by atoms with van der Waals surface area (Å²) in [5, 5.41) is 0.414. The fourth-order valence-electron chi connectivity index (χ4n) is 4.11. The standard InChI is InChI=1S/C32H50N2O2/c1-4-7-8-9-10-11-12-13-14-15-16-17-18-19-20-24-31(35)36-30-23-21-22-29-32(30)28(27-33-29)25-26-34(5-2)6-3/h10-11,13-14,21-23,27,33H,4-9,12,15-20,24-26H2,1-3H3/b11-10-,14-13-/i25D2,26D2. The van der Waals surface area contributed by atoms with Gasteiger partial charge < -0.3 is 14.6 Å². The molecular weight excluding hydrogens is 444 g/mol. The Morgan fingerprint density at radius 1 is 0.944 bits per heavy atom. The van der Waals surface area contributed by atoms with Crippen LogP contribution in [0.5, 0.6) is 5.75 Å². The van der Waals surface area contributed by atoms with E-state index in [0.29, 0.717) is 30.4 Å². The van der Waals surface area contributed by atoms with E-state index in [2.05, 4.69) is 36.2 Å². The van der Waals surface area contributed by atoms with E-state index in [1.807, 2.05) is 13.8 Å². The molecule has 200 valence electrons. The van der Waals surface area contributed by atoms with Gasteiger partial charge in [-0.15, -0.1) is 0 Å². The Balaban J connectivity index is 1.81. The highest BCUT2D eigenvalue weighted by Gasteiger charge is 2.13. The minimum atomic E-state index is -2.33. The Hall–Kier alpha value is -2.33. The van der Waals surface area contributed by atoms with E-state index in [9.17, 15) is 4.79 Å². The van der Waals surface area contributed by atoms with E-state index < -0.39 is 12.9 Å². The summed E-state index contributed by atoms with van der Waals surface area (Å²) in [7, 11) is 0. The summed E-state index contributed by atoms with van der Waals surface area (Å²) in [6.07, 6.45) is 20.7. The first-order valence-electron chi connectivity index (χ1n) is 16.1. The van der Waals surface area contributed by atoms with Gasteiger partial charge in [0.1, 0.15) is 5.75 Å². The van der Waals surface area contributed by atoms with E-state index >= 15 is 0 Å². The third-order valence-corrected chi connectivity index (χ3v) is 6.34. The molecular formula is C32H50N2O2. The first-order chi connectivity index (χ1) is 19.2. The second-order valence-electron chi connectivity index (χ2n) is 9.24. The Labute approximate surface area is 225 Å². The number of aryl methyl sites for hydroxylation is 1. The summed E-state index contributed by atoms with van der Waals surface area (Å²) in [5.41, 5.74) is 0.761. The monoisotopic (exact) mass is 498 g/mol. The van der Waals surface area contributed by atoms with Crippen molar-refractivity contribution in [2.45, 2.75) is 104 Å². The maximum absolute atomic E-state index is 12.6. The van der Waals surface area contributed by atoms with Crippen molar-refractivity contribution >= 4 is 16.9 Å². The van der Waals surface area contributed by atoms with E-state index in [1.165, 1.54) is 36.8 Å². The molecule has 0 amide bonds. The number of esters is 1. The Morgan fingerprint density at radius 2 is 1.64 bits per heavy atom. The van der Waals surface area contributed by atoms with E-state index in [4.69, 9.17) is 10.2 Å². The molecule has 2 aromatic rings. The molecule has 0 radical (unpaired) electrons. The lowest BCUT2D eigenvalue weighted by molar-refractivity contribution is -0.134. The van der Waals surface area contributed by atoms with Gasteiger partial charge in [-0.3, -0.25) is 4.79 Å². The molecule has 1 N–H and O–H groups in total. The number of benzene rings is 1.